The van der Waals surface area contributed by atoms with Gasteiger partial charge in [-0.05, 0) is 18.2 Å². The van der Waals surface area contributed by atoms with E-state index < -0.39 is 5.91 Å². The number of terminal acetylenes is 1. The number of hydrogen-bond donors (Lipinski definition) is 2. The van der Waals surface area contributed by atoms with E-state index in [0.717, 1.165) is 10.1 Å². The number of aromatic nitrogens is 3. The molecule has 4 rings (SSSR count). The molecule has 0 spiro atoms. The monoisotopic (exact) mass is 336 g/mol. The van der Waals surface area contributed by atoms with Crippen molar-refractivity contribution in [3.8, 4) is 35.1 Å². The molecule has 0 radical (unpaired) electrons. The van der Waals surface area contributed by atoms with Gasteiger partial charge in [-0.2, -0.15) is 9.61 Å². The Bertz CT molecular complexity index is 1090. The summed E-state index contributed by atoms with van der Waals surface area (Å²) >= 11 is 0. The fourth-order valence-corrected chi connectivity index (χ4v) is 2.60. The number of aromatic amines is 1. The molecular weight excluding hydrogens is 324 g/mol. The fraction of sp³-hybridized carbons (Fsp3) is 0.118. The van der Waals surface area contributed by atoms with Crippen molar-refractivity contribution in [2.45, 2.75) is 0 Å². The summed E-state index contributed by atoms with van der Waals surface area (Å²) in [5.41, 5.74) is 1.41. The first-order chi connectivity index (χ1) is 12.2. The third-order valence-corrected chi connectivity index (χ3v) is 3.78. The lowest BCUT2D eigenvalue weighted by molar-refractivity contribution is 0.0960. The molecule has 1 amide bonds. The van der Waals surface area contributed by atoms with Crippen LogP contribution in [0.15, 0.2) is 35.3 Å². The fourth-order valence-electron chi connectivity index (χ4n) is 2.60. The highest BCUT2D eigenvalue weighted by Crippen LogP contribution is 2.35. The van der Waals surface area contributed by atoms with Crippen LogP contribution in [0, 0.1) is 12.3 Å². The molecule has 2 aromatic heterocycles. The quantitative estimate of drug-likeness (QED) is 0.689. The van der Waals surface area contributed by atoms with Gasteiger partial charge in [0.2, 0.25) is 6.79 Å². The zero-order valence-corrected chi connectivity index (χ0v) is 12.9. The van der Waals surface area contributed by atoms with Gasteiger partial charge in [0.1, 0.15) is 5.56 Å². The number of nitrogens with one attached hydrogen (secondary N) is 2. The third-order valence-electron chi connectivity index (χ3n) is 3.78. The smallest absolute Gasteiger partial charge is 0.274 e. The van der Waals surface area contributed by atoms with Crippen LogP contribution < -0.4 is 20.3 Å². The van der Waals surface area contributed by atoms with Gasteiger partial charge in [-0.15, -0.1) is 6.42 Å². The Balaban J connectivity index is 1.82. The molecule has 8 heteroatoms. The maximum Gasteiger partial charge on any atom is 0.274 e. The SMILES string of the molecule is C#CCNC(=O)c1cnn2c(=O)cc(-c3ccc4c(c3)OCO4)[nH]c12. The summed E-state index contributed by atoms with van der Waals surface area (Å²) in [6, 6.07) is 6.72. The average molecular weight is 336 g/mol. The zero-order valence-electron chi connectivity index (χ0n) is 12.9. The number of ether oxygens (including phenoxy) is 2. The van der Waals surface area contributed by atoms with Crippen molar-refractivity contribution in [1.29, 1.82) is 0 Å². The minimum absolute atomic E-state index is 0.0856. The second kappa shape index (κ2) is 5.72. The molecular formula is C17H12N4O4. The highest BCUT2D eigenvalue weighted by molar-refractivity contribution is 5.99. The van der Waals surface area contributed by atoms with Crippen molar-refractivity contribution in [1.82, 2.24) is 19.9 Å². The molecule has 0 atom stereocenters. The van der Waals surface area contributed by atoms with Crippen molar-refractivity contribution >= 4 is 11.6 Å². The van der Waals surface area contributed by atoms with Gasteiger partial charge in [-0.25, -0.2) is 0 Å². The minimum Gasteiger partial charge on any atom is -0.454 e. The van der Waals surface area contributed by atoms with Crippen LogP contribution in [-0.4, -0.2) is 33.8 Å². The van der Waals surface area contributed by atoms with E-state index in [1.165, 1.54) is 12.3 Å². The maximum atomic E-state index is 12.3. The standard InChI is InChI=1S/C17H12N4O4/c1-2-5-18-17(23)11-8-19-21-15(22)7-12(20-16(11)21)10-3-4-13-14(6-10)25-9-24-13/h1,3-4,6-8,20H,5,9H2,(H,18,23). The Morgan fingerprint density at radius 3 is 3.04 bits per heavy atom. The van der Waals surface area contributed by atoms with Gasteiger partial charge in [-0.3, -0.25) is 9.59 Å². The molecule has 8 nitrogen and oxygen atoms in total. The van der Waals surface area contributed by atoms with E-state index in [1.807, 2.05) is 0 Å². The molecule has 3 aromatic rings. The Labute approximate surface area is 141 Å². The highest BCUT2D eigenvalue weighted by Gasteiger charge is 2.17. The van der Waals surface area contributed by atoms with E-state index in [0.29, 0.717) is 17.2 Å². The molecule has 0 saturated heterocycles. The van der Waals surface area contributed by atoms with Crippen LogP contribution >= 0.6 is 0 Å². The Morgan fingerprint density at radius 1 is 1.36 bits per heavy atom. The zero-order chi connectivity index (χ0) is 17.4. The van der Waals surface area contributed by atoms with Crippen LogP contribution in [-0.2, 0) is 0 Å². The van der Waals surface area contributed by atoms with Gasteiger partial charge in [-0.1, -0.05) is 5.92 Å². The lowest BCUT2D eigenvalue weighted by atomic mass is 10.1. The summed E-state index contributed by atoms with van der Waals surface area (Å²) in [5.74, 6) is 3.15. The number of hydrogen-bond acceptors (Lipinski definition) is 5. The molecule has 0 bridgehead atoms. The van der Waals surface area contributed by atoms with Gasteiger partial charge in [0.25, 0.3) is 11.5 Å². The third kappa shape index (κ3) is 2.48. The van der Waals surface area contributed by atoms with Crippen molar-refractivity contribution in [2.24, 2.45) is 0 Å². The van der Waals surface area contributed by atoms with Gasteiger partial charge < -0.3 is 19.8 Å². The Hall–Kier alpha value is -3.73. The van der Waals surface area contributed by atoms with Crippen molar-refractivity contribution < 1.29 is 14.3 Å². The van der Waals surface area contributed by atoms with Gasteiger partial charge in [0.05, 0.1) is 18.4 Å². The molecule has 0 fully saturated rings. The number of nitrogens with zero attached hydrogens (tertiary/aromatic N) is 2. The average Bonchev–Trinajstić information content (AvgIpc) is 3.25. The van der Waals surface area contributed by atoms with Crippen LogP contribution in [0.2, 0.25) is 0 Å². The number of amides is 1. The van der Waals surface area contributed by atoms with E-state index in [4.69, 9.17) is 15.9 Å². The topological polar surface area (TPSA) is 97.7 Å². The van der Waals surface area contributed by atoms with Crippen LogP contribution in [0.1, 0.15) is 10.4 Å². The van der Waals surface area contributed by atoms with Crippen LogP contribution in [0.5, 0.6) is 11.5 Å². The van der Waals surface area contributed by atoms with Crippen molar-refractivity contribution in [3.63, 3.8) is 0 Å². The van der Waals surface area contributed by atoms with Crippen LogP contribution in [0.25, 0.3) is 16.9 Å². The summed E-state index contributed by atoms with van der Waals surface area (Å²) in [5, 5.41) is 6.51. The van der Waals surface area contributed by atoms with E-state index in [9.17, 15) is 9.59 Å². The number of rotatable bonds is 3. The molecule has 124 valence electrons. The predicted octanol–water partition coefficient (Wildman–Crippen LogP) is 0.781. The van der Waals surface area contributed by atoms with Gasteiger partial charge in [0.15, 0.2) is 17.1 Å². The lowest BCUT2D eigenvalue weighted by Crippen LogP contribution is -2.24. The summed E-state index contributed by atoms with van der Waals surface area (Å²) < 4.78 is 11.8. The highest BCUT2D eigenvalue weighted by atomic mass is 16.7. The first-order valence-electron chi connectivity index (χ1n) is 7.40. The first kappa shape index (κ1) is 14.8. The minimum atomic E-state index is -0.411. The molecule has 0 unspecified atom stereocenters. The number of H-pyrrole nitrogens is 1. The van der Waals surface area contributed by atoms with E-state index in [-0.39, 0.29) is 30.1 Å². The summed E-state index contributed by atoms with van der Waals surface area (Å²) in [4.78, 5) is 27.6. The van der Waals surface area contributed by atoms with E-state index >= 15 is 0 Å². The molecule has 1 aliphatic heterocycles. The van der Waals surface area contributed by atoms with Crippen molar-refractivity contribution in [3.05, 3.63) is 46.4 Å². The number of carbonyl (C=O) groups excluding carboxylic acids is 1. The van der Waals surface area contributed by atoms with E-state index in [1.54, 1.807) is 18.2 Å². The molecule has 1 aromatic carbocycles. The van der Waals surface area contributed by atoms with Crippen LogP contribution in [0.3, 0.4) is 0 Å². The predicted molar refractivity (Wildman–Crippen MR) is 88.5 cm³/mol. The van der Waals surface area contributed by atoms with Crippen molar-refractivity contribution in [2.75, 3.05) is 13.3 Å². The first-order valence-corrected chi connectivity index (χ1v) is 7.40. The number of benzene rings is 1. The summed E-state index contributed by atoms with van der Waals surface area (Å²) in [7, 11) is 0. The maximum absolute atomic E-state index is 12.3. The van der Waals surface area contributed by atoms with Crippen LogP contribution in [0.4, 0.5) is 0 Å². The summed E-state index contributed by atoms with van der Waals surface area (Å²) in [6.07, 6.45) is 6.47. The Kier molecular flexibility index (Phi) is 3.40. The number of fused-ring (bicyclic) bond motifs is 2. The second-order valence-corrected chi connectivity index (χ2v) is 5.29. The summed E-state index contributed by atoms with van der Waals surface area (Å²) in [6.45, 7) is 0.249. The lowest BCUT2D eigenvalue weighted by Gasteiger charge is -2.05. The molecule has 2 N–H and O–H groups in total. The molecule has 1 aliphatic rings. The molecule has 25 heavy (non-hydrogen) atoms. The molecule has 0 aliphatic carbocycles. The molecule has 0 saturated carbocycles. The van der Waals surface area contributed by atoms with E-state index in [2.05, 4.69) is 21.3 Å². The normalized spacial score (nSPS) is 12.1. The van der Waals surface area contributed by atoms with Gasteiger partial charge in [0, 0.05) is 11.6 Å². The Morgan fingerprint density at radius 2 is 2.20 bits per heavy atom. The van der Waals surface area contributed by atoms with Gasteiger partial charge >= 0.3 is 0 Å². The number of carbonyl (C=O) groups is 1. The molecule has 3 heterocycles. The second-order valence-electron chi connectivity index (χ2n) is 5.29. The largest absolute Gasteiger partial charge is 0.454 e.